The zero-order chi connectivity index (χ0) is 19.1. The maximum atomic E-state index is 13.5. The summed E-state index contributed by atoms with van der Waals surface area (Å²) in [5.41, 5.74) is 2.00. The van der Waals surface area contributed by atoms with Crippen LogP contribution in [0.25, 0.3) is 0 Å². The van der Waals surface area contributed by atoms with E-state index in [0.717, 1.165) is 32.2 Å². The minimum absolute atomic E-state index is 0.0713. The molecule has 0 N–H and O–H groups in total. The molecule has 0 radical (unpaired) electrons. The predicted molar refractivity (Wildman–Crippen MR) is 105 cm³/mol. The summed E-state index contributed by atoms with van der Waals surface area (Å²) >= 11 is 0. The third kappa shape index (κ3) is 3.03. The average molecular weight is 370 g/mol. The lowest BCUT2D eigenvalue weighted by Gasteiger charge is -2.40. The summed E-state index contributed by atoms with van der Waals surface area (Å²) in [5.74, 6) is 0.188. The third-order valence-corrected chi connectivity index (χ3v) is 6.76. The first-order valence-corrected chi connectivity index (χ1v) is 10.1. The zero-order valence-electron chi connectivity index (χ0n) is 16.7. The summed E-state index contributed by atoms with van der Waals surface area (Å²) in [4.78, 5) is 15.6. The first-order valence-electron chi connectivity index (χ1n) is 10.1. The fourth-order valence-electron chi connectivity index (χ4n) is 5.76. The monoisotopic (exact) mass is 369 g/mol. The maximum absolute atomic E-state index is 13.5. The summed E-state index contributed by atoms with van der Waals surface area (Å²) < 4.78 is 12.3. The van der Waals surface area contributed by atoms with Crippen LogP contribution in [-0.4, -0.2) is 42.8 Å². The number of rotatable bonds is 7. The Balaban J connectivity index is 1.61. The number of likely N-dealkylation sites (tertiary alicyclic amines) is 1. The van der Waals surface area contributed by atoms with Gasteiger partial charge in [0.1, 0.15) is 0 Å². The van der Waals surface area contributed by atoms with Gasteiger partial charge in [0.05, 0.1) is 30.8 Å². The first-order chi connectivity index (χ1) is 13.0. The van der Waals surface area contributed by atoms with E-state index in [1.807, 2.05) is 23.1 Å². The number of methoxy groups -OCH3 is 1. The summed E-state index contributed by atoms with van der Waals surface area (Å²) in [6.07, 6.45) is 6.39. The smallest absolute Gasteiger partial charge is 0.229 e. The molecular formula is C23H31NO3. The van der Waals surface area contributed by atoms with Crippen LogP contribution in [-0.2, 0) is 20.8 Å². The van der Waals surface area contributed by atoms with Crippen LogP contribution >= 0.6 is 0 Å². The fraction of sp³-hybridized carbons (Fsp3) is 0.609. The van der Waals surface area contributed by atoms with Crippen LogP contribution in [0.3, 0.4) is 0 Å². The molecule has 0 unspecified atom stereocenters. The van der Waals surface area contributed by atoms with E-state index >= 15 is 0 Å². The van der Waals surface area contributed by atoms with Gasteiger partial charge in [-0.3, -0.25) is 4.79 Å². The highest BCUT2D eigenvalue weighted by molar-refractivity contribution is 5.85. The predicted octanol–water partition coefficient (Wildman–Crippen LogP) is 3.96. The molecule has 4 nitrogen and oxygen atoms in total. The molecule has 0 aromatic heterocycles. The Morgan fingerprint density at radius 2 is 2.11 bits per heavy atom. The van der Waals surface area contributed by atoms with E-state index in [-0.39, 0.29) is 28.9 Å². The van der Waals surface area contributed by atoms with Gasteiger partial charge in [0, 0.05) is 19.1 Å². The summed E-state index contributed by atoms with van der Waals surface area (Å²) in [7, 11) is 1.75. The van der Waals surface area contributed by atoms with Crippen LogP contribution in [0.15, 0.2) is 42.0 Å². The molecule has 3 aliphatic rings. The van der Waals surface area contributed by atoms with Gasteiger partial charge in [0.25, 0.3) is 0 Å². The summed E-state index contributed by atoms with van der Waals surface area (Å²) in [6.45, 7) is 6.25. The minimum atomic E-state index is -0.306. The van der Waals surface area contributed by atoms with Gasteiger partial charge in [0.2, 0.25) is 5.91 Å². The van der Waals surface area contributed by atoms with Crippen molar-refractivity contribution in [3.63, 3.8) is 0 Å². The fourth-order valence-corrected chi connectivity index (χ4v) is 5.76. The largest absolute Gasteiger partial charge is 0.384 e. The highest BCUT2D eigenvalue weighted by Crippen LogP contribution is 2.63. The Morgan fingerprint density at radius 1 is 1.33 bits per heavy atom. The van der Waals surface area contributed by atoms with E-state index in [4.69, 9.17) is 9.47 Å². The van der Waals surface area contributed by atoms with Crippen LogP contribution in [0.2, 0.25) is 0 Å². The molecule has 3 heterocycles. The van der Waals surface area contributed by atoms with Crippen molar-refractivity contribution in [2.75, 3.05) is 20.3 Å². The molecule has 1 aromatic carbocycles. The molecule has 0 aliphatic carbocycles. The van der Waals surface area contributed by atoms with Crippen LogP contribution in [0.1, 0.15) is 45.1 Å². The van der Waals surface area contributed by atoms with Gasteiger partial charge >= 0.3 is 0 Å². The standard InChI is InChI=1S/C23H31NO3/c1-17(2)8-7-12-22(16-26-3)19-11-13-23(27-19)15-24(21(25)20(22)23)14-18-9-5-4-6-10-18/h4-6,8-10,19-20H,7,11-16H2,1-3H3/t19-,20-,22-,23-/m1/s1. The van der Waals surface area contributed by atoms with Gasteiger partial charge in [-0.25, -0.2) is 0 Å². The van der Waals surface area contributed by atoms with Crippen LogP contribution in [0.5, 0.6) is 0 Å². The zero-order valence-corrected chi connectivity index (χ0v) is 16.7. The molecule has 146 valence electrons. The summed E-state index contributed by atoms with van der Waals surface area (Å²) in [6, 6.07) is 10.3. The number of benzene rings is 1. The van der Waals surface area contributed by atoms with Gasteiger partial charge < -0.3 is 14.4 Å². The number of hydrogen-bond acceptors (Lipinski definition) is 3. The first kappa shape index (κ1) is 18.7. The van der Waals surface area contributed by atoms with Crippen LogP contribution < -0.4 is 0 Å². The Hall–Kier alpha value is -1.65. The van der Waals surface area contributed by atoms with E-state index in [2.05, 4.69) is 32.1 Å². The topological polar surface area (TPSA) is 38.8 Å². The van der Waals surface area contributed by atoms with Crippen molar-refractivity contribution in [2.24, 2.45) is 11.3 Å². The Kier molecular flexibility index (Phi) is 4.89. The summed E-state index contributed by atoms with van der Waals surface area (Å²) in [5, 5.41) is 0. The third-order valence-electron chi connectivity index (χ3n) is 6.76. The molecule has 1 spiro atoms. The molecule has 1 aromatic rings. The van der Waals surface area contributed by atoms with Crippen LogP contribution in [0.4, 0.5) is 0 Å². The van der Waals surface area contributed by atoms with Gasteiger partial charge in [-0.05, 0) is 45.1 Å². The molecule has 3 saturated heterocycles. The lowest BCUT2D eigenvalue weighted by molar-refractivity contribution is -0.138. The Labute approximate surface area is 162 Å². The second-order valence-corrected chi connectivity index (χ2v) is 8.81. The molecule has 4 rings (SSSR count). The number of allylic oxidation sites excluding steroid dienone is 2. The van der Waals surface area contributed by atoms with Gasteiger partial charge in [-0.1, -0.05) is 42.0 Å². The molecule has 3 aliphatic heterocycles. The molecule has 0 saturated carbocycles. The van der Waals surface area contributed by atoms with E-state index in [1.165, 1.54) is 11.1 Å². The van der Waals surface area contributed by atoms with Crippen molar-refractivity contribution in [3.8, 4) is 0 Å². The van der Waals surface area contributed by atoms with Gasteiger partial charge in [-0.15, -0.1) is 0 Å². The van der Waals surface area contributed by atoms with E-state index in [1.54, 1.807) is 7.11 Å². The number of amides is 1. The number of hydrogen-bond donors (Lipinski definition) is 0. The van der Waals surface area contributed by atoms with Crippen molar-refractivity contribution < 1.29 is 14.3 Å². The highest BCUT2D eigenvalue weighted by atomic mass is 16.5. The van der Waals surface area contributed by atoms with Gasteiger partial charge in [-0.2, -0.15) is 0 Å². The maximum Gasteiger partial charge on any atom is 0.229 e. The molecule has 3 fully saturated rings. The molecule has 2 bridgehead atoms. The second-order valence-electron chi connectivity index (χ2n) is 8.81. The lowest BCUT2D eigenvalue weighted by atomic mass is 9.61. The normalized spacial score (nSPS) is 34.2. The van der Waals surface area contributed by atoms with Crippen molar-refractivity contribution >= 4 is 5.91 Å². The number of carbonyl (C=O) groups is 1. The molecule has 4 heteroatoms. The molecule has 1 amide bonds. The van der Waals surface area contributed by atoms with Gasteiger partial charge in [0.15, 0.2) is 0 Å². The van der Waals surface area contributed by atoms with E-state index in [0.29, 0.717) is 13.2 Å². The molecule has 4 atom stereocenters. The van der Waals surface area contributed by atoms with Crippen molar-refractivity contribution in [1.82, 2.24) is 4.90 Å². The second kappa shape index (κ2) is 7.06. The lowest BCUT2D eigenvalue weighted by Crippen LogP contribution is -2.49. The molecular weight excluding hydrogens is 338 g/mol. The highest BCUT2D eigenvalue weighted by Gasteiger charge is 2.73. The average Bonchev–Trinajstić information content (AvgIpc) is 3.25. The van der Waals surface area contributed by atoms with Crippen molar-refractivity contribution in [2.45, 2.75) is 57.8 Å². The minimum Gasteiger partial charge on any atom is -0.384 e. The quantitative estimate of drug-likeness (QED) is 0.683. The Morgan fingerprint density at radius 3 is 2.81 bits per heavy atom. The van der Waals surface area contributed by atoms with Crippen LogP contribution in [0, 0.1) is 11.3 Å². The number of fused-ring (bicyclic) bond motifs is 1. The van der Waals surface area contributed by atoms with E-state index in [9.17, 15) is 4.79 Å². The van der Waals surface area contributed by atoms with E-state index < -0.39 is 0 Å². The van der Waals surface area contributed by atoms with Crippen molar-refractivity contribution in [3.05, 3.63) is 47.5 Å². The Bertz CT molecular complexity index is 726. The number of nitrogens with zero attached hydrogens (tertiary/aromatic N) is 1. The van der Waals surface area contributed by atoms with Crippen molar-refractivity contribution in [1.29, 1.82) is 0 Å². The molecule has 27 heavy (non-hydrogen) atoms. The number of carbonyl (C=O) groups excluding carboxylic acids is 1. The number of ether oxygens (including phenoxy) is 2. The SMILES string of the molecule is COC[C@]1(CCC=C(C)C)[C@H]2CC[C@]3(CN(Cc4ccccc4)C(=O)[C@@H]31)O2.